The summed E-state index contributed by atoms with van der Waals surface area (Å²) in [6, 6.07) is 8.09. The highest BCUT2D eigenvalue weighted by Crippen LogP contribution is 2.13. The summed E-state index contributed by atoms with van der Waals surface area (Å²) in [5.41, 5.74) is 0.579. The SMILES string of the molecule is CCCOc1ccc(CNCC(C)(O)CC)cc1. The Morgan fingerprint density at radius 1 is 1.22 bits per heavy atom. The lowest BCUT2D eigenvalue weighted by molar-refractivity contribution is 0.0555. The minimum absolute atomic E-state index is 0.609. The van der Waals surface area contributed by atoms with Gasteiger partial charge in [-0.15, -0.1) is 0 Å². The van der Waals surface area contributed by atoms with Crippen molar-refractivity contribution >= 4 is 0 Å². The minimum Gasteiger partial charge on any atom is -0.494 e. The predicted molar refractivity (Wildman–Crippen MR) is 74.8 cm³/mol. The fourth-order valence-electron chi connectivity index (χ4n) is 1.52. The highest BCUT2D eigenvalue weighted by atomic mass is 16.5. The summed E-state index contributed by atoms with van der Waals surface area (Å²) in [5.74, 6) is 0.918. The first-order valence-corrected chi connectivity index (χ1v) is 6.72. The Labute approximate surface area is 110 Å². The van der Waals surface area contributed by atoms with E-state index in [1.165, 1.54) is 5.56 Å². The van der Waals surface area contributed by atoms with Gasteiger partial charge in [0.1, 0.15) is 5.75 Å². The van der Waals surface area contributed by atoms with E-state index in [1.807, 2.05) is 26.0 Å². The van der Waals surface area contributed by atoms with Crippen molar-refractivity contribution in [1.82, 2.24) is 5.32 Å². The first kappa shape index (κ1) is 15.0. The number of rotatable bonds is 8. The van der Waals surface area contributed by atoms with Crippen molar-refractivity contribution in [3.8, 4) is 5.75 Å². The van der Waals surface area contributed by atoms with E-state index in [9.17, 15) is 5.11 Å². The molecule has 0 saturated carbocycles. The van der Waals surface area contributed by atoms with Gasteiger partial charge in [-0.25, -0.2) is 0 Å². The fourth-order valence-corrected chi connectivity index (χ4v) is 1.52. The molecule has 0 aromatic heterocycles. The van der Waals surface area contributed by atoms with Crippen molar-refractivity contribution in [2.45, 2.75) is 45.8 Å². The average Bonchev–Trinajstić information content (AvgIpc) is 2.38. The third-order valence-corrected chi connectivity index (χ3v) is 2.99. The zero-order chi connectivity index (χ0) is 13.4. The van der Waals surface area contributed by atoms with Gasteiger partial charge in [0, 0.05) is 13.1 Å². The van der Waals surface area contributed by atoms with Gasteiger partial charge in [-0.2, -0.15) is 0 Å². The van der Waals surface area contributed by atoms with E-state index in [0.29, 0.717) is 6.54 Å². The molecule has 0 fully saturated rings. The van der Waals surface area contributed by atoms with Crippen LogP contribution in [-0.2, 0) is 6.54 Å². The number of hydrogen-bond donors (Lipinski definition) is 2. The maximum Gasteiger partial charge on any atom is 0.119 e. The summed E-state index contributed by atoms with van der Waals surface area (Å²) in [4.78, 5) is 0. The molecular formula is C15H25NO2. The Hall–Kier alpha value is -1.06. The van der Waals surface area contributed by atoms with E-state index in [2.05, 4.69) is 24.4 Å². The van der Waals surface area contributed by atoms with Crippen LogP contribution in [0.5, 0.6) is 5.75 Å². The topological polar surface area (TPSA) is 41.5 Å². The molecule has 1 aromatic rings. The number of ether oxygens (including phenoxy) is 1. The van der Waals surface area contributed by atoms with Crippen LogP contribution in [0.25, 0.3) is 0 Å². The van der Waals surface area contributed by atoms with Crippen LogP contribution in [0.15, 0.2) is 24.3 Å². The molecule has 3 nitrogen and oxygen atoms in total. The van der Waals surface area contributed by atoms with Crippen molar-refractivity contribution < 1.29 is 9.84 Å². The van der Waals surface area contributed by atoms with Gasteiger partial charge in [0.25, 0.3) is 0 Å². The molecule has 18 heavy (non-hydrogen) atoms. The van der Waals surface area contributed by atoms with E-state index in [4.69, 9.17) is 4.74 Å². The zero-order valence-electron chi connectivity index (χ0n) is 11.7. The summed E-state index contributed by atoms with van der Waals surface area (Å²) in [5, 5.41) is 13.1. The summed E-state index contributed by atoms with van der Waals surface area (Å²) < 4.78 is 5.53. The molecule has 0 bridgehead atoms. The lowest BCUT2D eigenvalue weighted by Crippen LogP contribution is -2.36. The standard InChI is InChI=1S/C15H25NO2/c1-4-10-18-14-8-6-13(7-9-14)11-16-12-15(3,17)5-2/h6-9,16-17H,4-5,10-12H2,1-3H3. The Morgan fingerprint density at radius 2 is 1.89 bits per heavy atom. The molecular weight excluding hydrogens is 226 g/mol. The maximum absolute atomic E-state index is 9.86. The van der Waals surface area contributed by atoms with Crippen LogP contribution in [0.3, 0.4) is 0 Å². The number of hydrogen-bond acceptors (Lipinski definition) is 3. The van der Waals surface area contributed by atoms with Gasteiger partial charge in [-0.1, -0.05) is 26.0 Å². The largest absolute Gasteiger partial charge is 0.494 e. The second-order valence-corrected chi connectivity index (χ2v) is 4.95. The molecule has 3 heteroatoms. The summed E-state index contributed by atoms with van der Waals surface area (Å²) in [6.07, 6.45) is 1.78. The van der Waals surface area contributed by atoms with Gasteiger partial charge in [0.15, 0.2) is 0 Å². The molecule has 0 aliphatic heterocycles. The van der Waals surface area contributed by atoms with E-state index in [-0.39, 0.29) is 0 Å². The highest BCUT2D eigenvalue weighted by molar-refractivity contribution is 5.27. The van der Waals surface area contributed by atoms with Gasteiger partial charge in [0.2, 0.25) is 0 Å². The summed E-state index contributed by atoms with van der Waals surface area (Å²) in [7, 11) is 0. The third kappa shape index (κ3) is 5.52. The molecule has 0 radical (unpaired) electrons. The van der Waals surface area contributed by atoms with Gasteiger partial charge < -0.3 is 15.2 Å². The number of aliphatic hydroxyl groups is 1. The van der Waals surface area contributed by atoms with E-state index in [0.717, 1.165) is 31.7 Å². The van der Waals surface area contributed by atoms with Gasteiger partial charge in [-0.3, -0.25) is 0 Å². The van der Waals surface area contributed by atoms with Crippen molar-refractivity contribution in [1.29, 1.82) is 0 Å². The summed E-state index contributed by atoms with van der Waals surface area (Å²) >= 11 is 0. The summed E-state index contributed by atoms with van der Waals surface area (Å²) in [6.45, 7) is 8.07. The van der Waals surface area contributed by atoms with Crippen LogP contribution in [0.2, 0.25) is 0 Å². The first-order chi connectivity index (χ1) is 8.57. The van der Waals surface area contributed by atoms with Gasteiger partial charge in [0.05, 0.1) is 12.2 Å². The predicted octanol–water partition coefficient (Wildman–Crippen LogP) is 2.73. The second-order valence-electron chi connectivity index (χ2n) is 4.95. The Kier molecular flexibility index (Phi) is 6.16. The minimum atomic E-state index is -0.621. The monoisotopic (exact) mass is 251 g/mol. The molecule has 1 aromatic carbocycles. The van der Waals surface area contributed by atoms with E-state index >= 15 is 0 Å². The van der Waals surface area contributed by atoms with Crippen LogP contribution in [0.4, 0.5) is 0 Å². The molecule has 2 N–H and O–H groups in total. The van der Waals surface area contributed by atoms with Crippen LogP contribution in [-0.4, -0.2) is 23.9 Å². The molecule has 0 aliphatic carbocycles. The quantitative estimate of drug-likeness (QED) is 0.746. The van der Waals surface area contributed by atoms with Crippen molar-refractivity contribution in [2.24, 2.45) is 0 Å². The second kappa shape index (κ2) is 7.39. The normalized spacial score (nSPS) is 14.2. The molecule has 102 valence electrons. The number of benzene rings is 1. The molecule has 1 rings (SSSR count). The zero-order valence-corrected chi connectivity index (χ0v) is 11.7. The molecule has 1 atom stereocenters. The molecule has 0 aliphatic rings. The Morgan fingerprint density at radius 3 is 2.44 bits per heavy atom. The van der Waals surface area contributed by atoms with E-state index in [1.54, 1.807) is 0 Å². The molecule has 0 saturated heterocycles. The lowest BCUT2D eigenvalue weighted by Gasteiger charge is -2.21. The Bertz CT molecular complexity index is 333. The maximum atomic E-state index is 9.86. The highest BCUT2D eigenvalue weighted by Gasteiger charge is 2.16. The molecule has 0 spiro atoms. The van der Waals surface area contributed by atoms with Crippen LogP contribution < -0.4 is 10.1 Å². The van der Waals surface area contributed by atoms with Crippen molar-refractivity contribution in [2.75, 3.05) is 13.2 Å². The van der Waals surface area contributed by atoms with Crippen LogP contribution in [0.1, 0.15) is 39.2 Å². The third-order valence-electron chi connectivity index (χ3n) is 2.99. The van der Waals surface area contributed by atoms with Gasteiger partial charge in [-0.05, 0) is 37.5 Å². The molecule has 1 unspecified atom stereocenters. The van der Waals surface area contributed by atoms with Crippen LogP contribution >= 0.6 is 0 Å². The fraction of sp³-hybridized carbons (Fsp3) is 0.600. The lowest BCUT2D eigenvalue weighted by atomic mass is 10.0. The van der Waals surface area contributed by atoms with E-state index < -0.39 is 5.60 Å². The van der Waals surface area contributed by atoms with Crippen LogP contribution in [0, 0.1) is 0 Å². The smallest absolute Gasteiger partial charge is 0.119 e. The molecule has 0 heterocycles. The van der Waals surface area contributed by atoms with Gasteiger partial charge >= 0.3 is 0 Å². The average molecular weight is 251 g/mol. The Balaban J connectivity index is 2.35. The number of nitrogens with one attached hydrogen (secondary N) is 1. The van der Waals surface area contributed by atoms with Crippen molar-refractivity contribution in [3.05, 3.63) is 29.8 Å². The van der Waals surface area contributed by atoms with Crippen molar-refractivity contribution in [3.63, 3.8) is 0 Å². The molecule has 0 amide bonds. The first-order valence-electron chi connectivity index (χ1n) is 6.72.